The minimum atomic E-state index is -0.404. The van der Waals surface area contributed by atoms with E-state index >= 15 is 0 Å². The van der Waals surface area contributed by atoms with Crippen molar-refractivity contribution in [3.8, 4) is 0 Å². The molecule has 1 aromatic carbocycles. The molecule has 0 bridgehead atoms. The maximum absolute atomic E-state index is 12.8. The summed E-state index contributed by atoms with van der Waals surface area (Å²) in [5.41, 5.74) is 1.98. The number of carbonyl (C=O) groups is 1. The number of likely N-dealkylation sites (tertiary alicyclic amines) is 1. The third kappa shape index (κ3) is 7.39. The smallest absolute Gasteiger partial charge is 0.228 e. The number of ether oxygens (including phenoxy) is 1. The minimum absolute atomic E-state index is 0. The van der Waals surface area contributed by atoms with Crippen LogP contribution in [0.25, 0.3) is 0 Å². The Kier molecular flexibility index (Phi) is 11.5. The van der Waals surface area contributed by atoms with Crippen LogP contribution in [0.15, 0.2) is 24.3 Å². The molecule has 6 nitrogen and oxygen atoms in total. The van der Waals surface area contributed by atoms with Crippen LogP contribution in [0.1, 0.15) is 36.8 Å². The lowest BCUT2D eigenvalue weighted by atomic mass is 9.78. The number of piperidine rings is 2. The molecule has 0 unspecified atom stereocenters. The number of hydrogen-bond acceptors (Lipinski definition) is 5. The van der Waals surface area contributed by atoms with Crippen LogP contribution in [0.3, 0.4) is 0 Å². The molecule has 1 aromatic rings. The molecule has 0 aliphatic carbocycles. The van der Waals surface area contributed by atoms with Crippen molar-refractivity contribution < 1.29 is 14.6 Å². The highest BCUT2D eigenvalue weighted by Gasteiger charge is 2.39. The predicted octanol–water partition coefficient (Wildman–Crippen LogP) is 2.12. The van der Waals surface area contributed by atoms with E-state index in [1.165, 1.54) is 5.56 Å². The van der Waals surface area contributed by atoms with E-state index in [1.54, 1.807) is 7.11 Å². The number of aliphatic hydroxyl groups is 1. The molecule has 8 heteroatoms. The van der Waals surface area contributed by atoms with Gasteiger partial charge in [0.25, 0.3) is 0 Å². The number of amides is 1. The first-order valence-electron chi connectivity index (χ1n) is 10.1. The van der Waals surface area contributed by atoms with Gasteiger partial charge < -0.3 is 20.5 Å². The first-order chi connectivity index (χ1) is 13.1. The van der Waals surface area contributed by atoms with E-state index in [4.69, 9.17) is 4.74 Å². The highest BCUT2D eigenvalue weighted by Crippen LogP contribution is 2.29. The second-order valence-electron chi connectivity index (χ2n) is 7.97. The van der Waals surface area contributed by atoms with Crippen LogP contribution in [-0.2, 0) is 22.6 Å². The highest BCUT2D eigenvalue weighted by molar-refractivity contribution is 5.85. The zero-order valence-electron chi connectivity index (χ0n) is 17.2. The Bertz CT molecular complexity index is 596. The van der Waals surface area contributed by atoms with Crippen LogP contribution >= 0.6 is 24.8 Å². The Morgan fingerprint density at radius 3 is 2.34 bits per heavy atom. The lowest BCUT2D eigenvalue weighted by Crippen LogP contribution is -2.49. The van der Waals surface area contributed by atoms with E-state index in [-0.39, 0.29) is 36.8 Å². The molecule has 3 rings (SSSR count). The fourth-order valence-electron chi connectivity index (χ4n) is 4.09. The van der Waals surface area contributed by atoms with Crippen molar-refractivity contribution >= 4 is 30.7 Å². The van der Waals surface area contributed by atoms with Crippen LogP contribution in [0.4, 0.5) is 0 Å². The molecule has 29 heavy (non-hydrogen) atoms. The average Bonchev–Trinajstić information content (AvgIpc) is 2.70. The topological polar surface area (TPSA) is 73.8 Å². The molecule has 166 valence electrons. The molecular formula is C21H35Cl2N3O3. The van der Waals surface area contributed by atoms with E-state index in [9.17, 15) is 9.90 Å². The van der Waals surface area contributed by atoms with Crippen LogP contribution in [-0.4, -0.2) is 61.9 Å². The molecule has 0 atom stereocenters. The number of aliphatic hydroxyl groups excluding tert-OH is 1. The molecule has 0 saturated carbocycles. The van der Waals surface area contributed by atoms with Crippen molar-refractivity contribution in [1.29, 1.82) is 0 Å². The first kappa shape index (κ1) is 26.1. The largest absolute Gasteiger partial charge is 0.393 e. The SMILES string of the molecule is COCC1(C(=O)NCc2ccc(CN3CCC(O)CC3)cc2)CCNCC1.Cl.Cl. The standard InChI is InChI=1S/C21H33N3O3.2ClH/c1-27-16-21(8-10-22-11-9-21)20(26)23-14-17-2-4-18(5-3-17)15-24-12-6-19(25)7-13-24;;/h2-5,19,22,25H,6-16H2,1H3,(H,23,26);2*1H. The Morgan fingerprint density at radius 2 is 1.76 bits per heavy atom. The zero-order chi connectivity index (χ0) is 19.1. The van der Waals surface area contributed by atoms with Gasteiger partial charge in [-0.1, -0.05) is 24.3 Å². The van der Waals surface area contributed by atoms with Crippen molar-refractivity contribution in [3.63, 3.8) is 0 Å². The van der Waals surface area contributed by atoms with Gasteiger partial charge in [-0.25, -0.2) is 0 Å². The summed E-state index contributed by atoms with van der Waals surface area (Å²) in [5, 5.41) is 16.0. The summed E-state index contributed by atoms with van der Waals surface area (Å²) in [4.78, 5) is 15.2. The third-order valence-electron chi connectivity index (χ3n) is 5.90. The van der Waals surface area contributed by atoms with Gasteiger partial charge in [-0.05, 0) is 49.9 Å². The van der Waals surface area contributed by atoms with Gasteiger partial charge >= 0.3 is 0 Å². The van der Waals surface area contributed by atoms with Crippen LogP contribution in [0, 0.1) is 5.41 Å². The lowest BCUT2D eigenvalue weighted by Gasteiger charge is -2.35. The molecule has 2 aliphatic rings. The molecular weight excluding hydrogens is 413 g/mol. The monoisotopic (exact) mass is 447 g/mol. The number of rotatable bonds is 7. The quantitative estimate of drug-likeness (QED) is 0.596. The van der Waals surface area contributed by atoms with E-state index in [1.807, 2.05) is 0 Å². The summed E-state index contributed by atoms with van der Waals surface area (Å²) in [5.74, 6) is 0.0989. The molecule has 0 radical (unpaired) electrons. The van der Waals surface area contributed by atoms with Gasteiger partial charge in [-0.2, -0.15) is 0 Å². The number of nitrogens with one attached hydrogen (secondary N) is 2. The summed E-state index contributed by atoms with van der Waals surface area (Å²) < 4.78 is 5.34. The van der Waals surface area contributed by atoms with Gasteiger partial charge in [-0.15, -0.1) is 24.8 Å². The number of carbonyl (C=O) groups excluding carboxylic acids is 1. The van der Waals surface area contributed by atoms with Crippen molar-refractivity contribution in [2.45, 2.75) is 44.9 Å². The van der Waals surface area contributed by atoms with Gasteiger partial charge in [0.15, 0.2) is 0 Å². The Morgan fingerprint density at radius 1 is 1.17 bits per heavy atom. The molecule has 2 saturated heterocycles. The fraction of sp³-hybridized carbons (Fsp3) is 0.667. The Balaban J connectivity index is 0.00000210. The Hall–Kier alpha value is -0.890. The fourth-order valence-corrected chi connectivity index (χ4v) is 4.09. The zero-order valence-corrected chi connectivity index (χ0v) is 18.8. The molecule has 1 amide bonds. The summed E-state index contributed by atoms with van der Waals surface area (Å²) in [6, 6.07) is 8.48. The molecule has 0 spiro atoms. The maximum Gasteiger partial charge on any atom is 0.228 e. The lowest BCUT2D eigenvalue weighted by molar-refractivity contribution is -0.136. The molecule has 3 N–H and O–H groups in total. The van der Waals surface area contributed by atoms with Gasteiger partial charge in [0, 0.05) is 33.3 Å². The first-order valence-corrected chi connectivity index (χ1v) is 10.1. The van der Waals surface area contributed by atoms with Crippen molar-refractivity contribution in [2.24, 2.45) is 5.41 Å². The van der Waals surface area contributed by atoms with E-state index in [2.05, 4.69) is 39.8 Å². The number of halogens is 2. The van der Waals surface area contributed by atoms with Gasteiger partial charge in [0.05, 0.1) is 18.1 Å². The van der Waals surface area contributed by atoms with E-state index < -0.39 is 5.41 Å². The highest BCUT2D eigenvalue weighted by atomic mass is 35.5. The molecule has 2 heterocycles. The normalized spacial score (nSPS) is 19.7. The number of benzene rings is 1. The van der Waals surface area contributed by atoms with Gasteiger partial charge in [0.2, 0.25) is 5.91 Å². The van der Waals surface area contributed by atoms with Crippen molar-refractivity contribution in [2.75, 3.05) is 39.9 Å². The number of hydrogen-bond donors (Lipinski definition) is 3. The number of methoxy groups -OCH3 is 1. The minimum Gasteiger partial charge on any atom is -0.393 e. The van der Waals surface area contributed by atoms with E-state index in [0.717, 1.165) is 64.0 Å². The van der Waals surface area contributed by atoms with Crippen molar-refractivity contribution in [3.05, 3.63) is 35.4 Å². The summed E-state index contributed by atoms with van der Waals surface area (Å²) in [6.45, 7) is 5.57. The summed E-state index contributed by atoms with van der Waals surface area (Å²) in [7, 11) is 1.67. The average molecular weight is 448 g/mol. The van der Waals surface area contributed by atoms with Gasteiger partial charge in [0.1, 0.15) is 0 Å². The van der Waals surface area contributed by atoms with E-state index in [0.29, 0.717) is 13.2 Å². The third-order valence-corrected chi connectivity index (χ3v) is 5.90. The van der Waals surface area contributed by atoms with Crippen LogP contribution in [0.5, 0.6) is 0 Å². The number of nitrogens with zero attached hydrogens (tertiary/aromatic N) is 1. The van der Waals surface area contributed by atoms with Gasteiger partial charge in [-0.3, -0.25) is 9.69 Å². The van der Waals surface area contributed by atoms with Crippen LogP contribution in [0.2, 0.25) is 0 Å². The maximum atomic E-state index is 12.8. The van der Waals surface area contributed by atoms with Crippen molar-refractivity contribution in [1.82, 2.24) is 15.5 Å². The molecule has 2 fully saturated rings. The predicted molar refractivity (Wildman–Crippen MR) is 120 cm³/mol. The molecule has 2 aliphatic heterocycles. The second-order valence-corrected chi connectivity index (χ2v) is 7.97. The summed E-state index contributed by atoms with van der Waals surface area (Å²) in [6.07, 6.45) is 3.23. The second kappa shape index (κ2) is 12.7. The summed E-state index contributed by atoms with van der Waals surface area (Å²) >= 11 is 0. The molecule has 0 aromatic heterocycles. The Labute approximate surface area is 186 Å². The van der Waals surface area contributed by atoms with Crippen LogP contribution < -0.4 is 10.6 Å².